The quantitative estimate of drug-likeness (QED) is 0.916. The third-order valence-corrected chi connectivity index (χ3v) is 3.15. The van der Waals surface area contributed by atoms with Crippen LogP contribution in [-0.4, -0.2) is 11.0 Å². The number of pyridine rings is 1. The van der Waals surface area contributed by atoms with Crippen molar-refractivity contribution in [3.63, 3.8) is 0 Å². The highest BCUT2D eigenvalue weighted by Crippen LogP contribution is 2.20. The fourth-order valence-electron chi connectivity index (χ4n) is 1.92. The molecule has 0 aliphatic heterocycles. The molecule has 2 aromatic rings. The van der Waals surface area contributed by atoms with Crippen LogP contribution in [-0.2, 0) is 13.0 Å². The normalized spacial score (nSPS) is 12.2. The fourth-order valence-corrected chi connectivity index (χ4v) is 2.05. The summed E-state index contributed by atoms with van der Waals surface area (Å²) < 4.78 is 5.86. The summed E-state index contributed by atoms with van der Waals surface area (Å²) in [5.74, 6) is 0.794. The van der Waals surface area contributed by atoms with E-state index in [-0.39, 0.29) is 6.04 Å². The predicted octanol–water partition coefficient (Wildman–Crippen LogP) is 3.51. The molecule has 0 radical (unpaired) electrons. The van der Waals surface area contributed by atoms with E-state index in [0.29, 0.717) is 13.0 Å². The minimum atomic E-state index is 0.0576. The first-order chi connectivity index (χ1) is 9.54. The molecule has 0 fully saturated rings. The van der Waals surface area contributed by atoms with Gasteiger partial charge in [0.2, 0.25) is 0 Å². The average Bonchev–Trinajstić information content (AvgIpc) is 2.39. The second kappa shape index (κ2) is 6.73. The van der Waals surface area contributed by atoms with Crippen molar-refractivity contribution >= 4 is 11.6 Å². The fraction of sp³-hybridized carbons (Fsp3) is 0.312. The van der Waals surface area contributed by atoms with Crippen LogP contribution in [0.5, 0.6) is 5.75 Å². The molecule has 0 aliphatic carbocycles. The Morgan fingerprint density at radius 2 is 1.90 bits per heavy atom. The number of hydrogen-bond donors (Lipinski definition) is 1. The van der Waals surface area contributed by atoms with Crippen molar-refractivity contribution in [1.29, 1.82) is 0 Å². The van der Waals surface area contributed by atoms with E-state index in [0.717, 1.165) is 27.7 Å². The molecule has 0 saturated heterocycles. The SMILES string of the molecule is Cc1ccc(OCc2ccc(Cl)cc2)c(CC(C)N)n1. The summed E-state index contributed by atoms with van der Waals surface area (Å²) >= 11 is 5.86. The summed E-state index contributed by atoms with van der Waals surface area (Å²) in [5, 5.41) is 0.725. The third kappa shape index (κ3) is 4.22. The molecular formula is C16H19ClN2O. The summed E-state index contributed by atoms with van der Waals surface area (Å²) in [6.45, 7) is 4.43. The van der Waals surface area contributed by atoms with Crippen LogP contribution in [0.15, 0.2) is 36.4 Å². The Hall–Kier alpha value is -1.58. The number of rotatable bonds is 5. The van der Waals surface area contributed by atoms with Gasteiger partial charge in [0.25, 0.3) is 0 Å². The average molecular weight is 291 g/mol. The van der Waals surface area contributed by atoms with E-state index in [9.17, 15) is 0 Å². The van der Waals surface area contributed by atoms with E-state index in [1.807, 2.05) is 50.2 Å². The molecular weight excluding hydrogens is 272 g/mol. The Morgan fingerprint density at radius 3 is 2.55 bits per heavy atom. The second-order valence-electron chi connectivity index (χ2n) is 4.99. The van der Waals surface area contributed by atoms with Crippen molar-refractivity contribution in [2.75, 3.05) is 0 Å². The second-order valence-corrected chi connectivity index (χ2v) is 5.43. The van der Waals surface area contributed by atoms with Gasteiger partial charge in [0.05, 0.1) is 5.69 Å². The number of ether oxygens (including phenoxy) is 1. The Bertz CT molecular complexity index is 567. The van der Waals surface area contributed by atoms with Crippen molar-refractivity contribution < 1.29 is 4.74 Å². The standard InChI is InChI=1S/C16H19ClN2O/c1-11(18)9-15-16(8-3-12(2)19-15)20-10-13-4-6-14(17)7-5-13/h3-8,11H,9-10,18H2,1-2H3. The monoisotopic (exact) mass is 290 g/mol. The molecule has 3 nitrogen and oxygen atoms in total. The first-order valence-corrected chi connectivity index (χ1v) is 7.02. The Balaban J connectivity index is 2.10. The van der Waals surface area contributed by atoms with Gasteiger partial charge >= 0.3 is 0 Å². The lowest BCUT2D eigenvalue weighted by Gasteiger charge is -2.13. The molecule has 1 heterocycles. The highest BCUT2D eigenvalue weighted by Gasteiger charge is 2.08. The summed E-state index contributed by atoms with van der Waals surface area (Å²) in [7, 11) is 0. The number of halogens is 1. The number of nitrogens with two attached hydrogens (primary N) is 1. The first kappa shape index (κ1) is 14.8. The van der Waals surface area contributed by atoms with Crippen LogP contribution in [0.1, 0.15) is 23.9 Å². The highest BCUT2D eigenvalue weighted by molar-refractivity contribution is 6.30. The summed E-state index contributed by atoms with van der Waals surface area (Å²) in [6.07, 6.45) is 0.706. The van der Waals surface area contributed by atoms with Gasteiger partial charge in [-0.3, -0.25) is 4.98 Å². The van der Waals surface area contributed by atoms with Gasteiger partial charge in [-0.15, -0.1) is 0 Å². The van der Waals surface area contributed by atoms with Gasteiger partial charge < -0.3 is 10.5 Å². The molecule has 0 amide bonds. The molecule has 0 spiro atoms. The molecule has 2 rings (SSSR count). The van der Waals surface area contributed by atoms with Gasteiger partial charge in [-0.1, -0.05) is 23.7 Å². The van der Waals surface area contributed by atoms with Crippen LogP contribution in [0, 0.1) is 6.92 Å². The first-order valence-electron chi connectivity index (χ1n) is 6.64. The molecule has 2 N–H and O–H groups in total. The van der Waals surface area contributed by atoms with Gasteiger partial charge in [-0.2, -0.15) is 0 Å². The highest BCUT2D eigenvalue weighted by atomic mass is 35.5. The number of aromatic nitrogens is 1. The maximum atomic E-state index is 5.86. The molecule has 106 valence electrons. The minimum Gasteiger partial charge on any atom is -0.487 e. The molecule has 0 aliphatic rings. The summed E-state index contributed by atoms with van der Waals surface area (Å²) in [5.41, 5.74) is 8.81. The van der Waals surface area contributed by atoms with Crippen molar-refractivity contribution in [1.82, 2.24) is 4.98 Å². The Kier molecular flexibility index (Phi) is 4.99. The van der Waals surface area contributed by atoms with E-state index in [1.165, 1.54) is 0 Å². The van der Waals surface area contributed by atoms with Gasteiger partial charge in [0.15, 0.2) is 0 Å². The molecule has 1 aromatic heterocycles. The van der Waals surface area contributed by atoms with Gasteiger partial charge in [0.1, 0.15) is 12.4 Å². The maximum Gasteiger partial charge on any atom is 0.141 e. The minimum absolute atomic E-state index is 0.0576. The predicted molar refractivity (Wildman–Crippen MR) is 82.1 cm³/mol. The van der Waals surface area contributed by atoms with E-state index < -0.39 is 0 Å². The topological polar surface area (TPSA) is 48.1 Å². The molecule has 1 atom stereocenters. The van der Waals surface area contributed by atoms with Crippen molar-refractivity contribution in [3.8, 4) is 5.75 Å². The number of nitrogens with zero attached hydrogens (tertiary/aromatic N) is 1. The molecule has 0 saturated carbocycles. The van der Waals surface area contributed by atoms with Crippen LogP contribution in [0.3, 0.4) is 0 Å². The lowest BCUT2D eigenvalue weighted by atomic mass is 10.1. The molecule has 4 heteroatoms. The largest absolute Gasteiger partial charge is 0.487 e. The lowest BCUT2D eigenvalue weighted by Crippen LogP contribution is -2.19. The van der Waals surface area contributed by atoms with Crippen LogP contribution < -0.4 is 10.5 Å². The number of hydrogen-bond acceptors (Lipinski definition) is 3. The van der Waals surface area contributed by atoms with E-state index >= 15 is 0 Å². The van der Waals surface area contributed by atoms with E-state index in [1.54, 1.807) is 0 Å². The van der Waals surface area contributed by atoms with Gasteiger partial charge in [-0.25, -0.2) is 0 Å². The number of aryl methyl sites for hydroxylation is 1. The zero-order valence-corrected chi connectivity index (χ0v) is 12.5. The lowest BCUT2D eigenvalue weighted by molar-refractivity contribution is 0.300. The van der Waals surface area contributed by atoms with E-state index in [2.05, 4.69) is 4.98 Å². The zero-order valence-electron chi connectivity index (χ0n) is 11.8. The summed E-state index contributed by atoms with van der Waals surface area (Å²) in [6, 6.07) is 11.6. The van der Waals surface area contributed by atoms with Crippen molar-refractivity contribution in [3.05, 3.63) is 58.4 Å². The smallest absolute Gasteiger partial charge is 0.141 e. The van der Waals surface area contributed by atoms with Crippen molar-refractivity contribution in [2.45, 2.75) is 32.9 Å². The molecule has 0 bridgehead atoms. The van der Waals surface area contributed by atoms with Gasteiger partial charge in [0, 0.05) is 23.2 Å². The van der Waals surface area contributed by atoms with Gasteiger partial charge in [-0.05, 0) is 43.7 Å². The number of benzene rings is 1. The zero-order chi connectivity index (χ0) is 14.5. The van der Waals surface area contributed by atoms with Crippen LogP contribution in [0.4, 0.5) is 0 Å². The third-order valence-electron chi connectivity index (χ3n) is 2.89. The van der Waals surface area contributed by atoms with E-state index in [4.69, 9.17) is 22.1 Å². The Labute approximate surface area is 124 Å². The Morgan fingerprint density at radius 1 is 1.20 bits per heavy atom. The maximum absolute atomic E-state index is 5.86. The molecule has 1 aromatic carbocycles. The summed E-state index contributed by atoms with van der Waals surface area (Å²) in [4.78, 5) is 4.51. The van der Waals surface area contributed by atoms with Crippen molar-refractivity contribution in [2.24, 2.45) is 5.73 Å². The molecule has 20 heavy (non-hydrogen) atoms. The van der Waals surface area contributed by atoms with Crippen LogP contribution in [0.2, 0.25) is 5.02 Å². The van der Waals surface area contributed by atoms with Crippen LogP contribution >= 0.6 is 11.6 Å². The molecule has 1 unspecified atom stereocenters. The van der Waals surface area contributed by atoms with Crippen LogP contribution in [0.25, 0.3) is 0 Å².